The molecule has 110 valence electrons. The molecule has 20 heavy (non-hydrogen) atoms. The third-order valence-electron chi connectivity index (χ3n) is 3.17. The van der Waals surface area contributed by atoms with E-state index in [1.807, 2.05) is 0 Å². The van der Waals surface area contributed by atoms with Gasteiger partial charge in [-0.2, -0.15) is 0 Å². The van der Waals surface area contributed by atoms with Crippen LogP contribution in [-0.4, -0.2) is 57.7 Å². The largest absolute Gasteiger partial charge is 0.390 e. The van der Waals surface area contributed by atoms with E-state index in [0.29, 0.717) is 13.1 Å². The molecule has 1 fully saturated rings. The van der Waals surface area contributed by atoms with Gasteiger partial charge in [-0.1, -0.05) is 20.8 Å². The van der Waals surface area contributed by atoms with Crippen LogP contribution in [0, 0.1) is 5.41 Å². The summed E-state index contributed by atoms with van der Waals surface area (Å²) in [6, 6.07) is -0.258. The van der Waals surface area contributed by atoms with Crippen molar-refractivity contribution in [2.45, 2.75) is 32.9 Å². The lowest BCUT2D eigenvalue weighted by atomic mass is 9.96. The molecule has 0 radical (unpaired) electrons. The van der Waals surface area contributed by atoms with E-state index < -0.39 is 6.10 Å². The molecular weight excluding hydrogens is 256 g/mol. The fraction of sp³-hybridized carbons (Fsp3) is 0.643. The van der Waals surface area contributed by atoms with Gasteiger partial charge in [-0.3, -0.25) is 14.7 Å². The number of aromatic nitrogens is 2. The number of aliphatic hydroxyl groups is 1. The van der Waals surface area contributed by atoms with Crippen LogP contribution in [0.25, 0.3) is 0 Å². The van der Waals surface area contributed by atoms with E-state index in [1.165, 1.54) is 18.6 Å². The number of rotatable bonds is 3. The summed E-state index contributed by atoms with van der Waals surface area (Å²) in [6.45, 7) is 8.61. The van der Waals surface area contributed by atoms with E-state index in [9.17, 15) is 9.90 Å². The number of nitrogens with zero attached hydrogens (tertiary/aromatic N) is 3. The first-order valence-electron chi connectivity index (χ1n) is 6.82. The Kier molecular flexibility index (Phi) is 4.35. The maximum absolute atomic E-state index is 12.0. The molecule has 0 saturated carbocycles. The van der Waals surface area contributed by atoms with E-state index in [-0.39, 0.29) is 23.1 Å². The zero-order valence-corrected chi connectivity index (χ0v) is 12.2. The van der Waals surface area contributed by atoms with Crippen LogP contribution >= 0.6 is 0 Å². The Balaban J connectivity index is 1.92. The molecule has 0 aliphatic carbocycles. The SMILES string of the molecule is CC(C)(C)CN1C[C@@H](O)[C@H](NC(=O)c2cnccn2)C1. The number of amides is 1. The molecule has 1 aliphatic rings. The van der Waals surface area contributed by atoms with Gasteiger partial charge in [0.15, 0.2) is 0 Å². The number of aliphatic hydroxyl groups excluding tert-OH is 1. The van der Waals surface area contributed by atoms with E-state index in [2.05, 4.69) is 41.0 Å². The normalized spacial score (nSPS) is 23.8. The molecule has 1 aromatic rings. The highest BCUT2D eigenvalue weighted by atomic mass is 16.3. The van der Waals surface area contributed by atoms with Gasteiger partial charge >= 0.3 is 0 Å². The van der Waals surface area contributed by atoms with E-state index in [0.717, 1.165) is 6.54 Å². The Morgan fingerprint density at radius 3 is 2.80 bits per heavy atom. The van der Waals surface area contributed by atoms with Crippen LogP contribution in [0.1, 0.15) is 31.3 Å². The Hall–Kier alpha value is -1.53. The summed E-state index contributed by atoms with van der Waals surface area (Å²) >= 11 is 0. The third-order valence-corrected chi connectivity index (χ3v) is 3.17. The first kappa shape index (κ1) is 14.9. The molecule has 2 heterocycles. The number of carbonyl (C=O) groups excluding carboxylic acids is 1. The lowest BCUT2D eigenvalue weighted by molar-refractivity contribution is 0.0882. The maximum atomic E-state index is 12.0. The van der Waals surface area contributed by atoms with Gasteiger partial charge in [-0.25, -0.2) is 4.98 Å². The van der Waals surface area contributed by atoms with E-state index in [4.69, 9.17) is 0 Å². The van der Waals surface area contributed by atoms with Crippen molar-refractivity contribution in [2.24, 2.45) is 5.41 Å². The van der Waals surface area contributed by atoms with E-state index in [1.54, 1.807) is 0 Å². The van der Waals surface area contributed by atoms with Gasteiger partial charge in [0, 0.05) is 32.0 Å². The van der Waals surface area contributed by atoms with Crippen molar-refractivity contribution in [2.75, 3.05) is 19.6 Å². The molecule has 1 saturated heterocycles. The van der Waals surface area contributed by atoms with Crippen molar-refractivity contribution < 1.29 is 9.90 Å². The Labute approximate surface area is 119 Å². The van der Waals surface area contributed by atoms with Crippen LogP contribution in [-0.2, 0) is 0 Å². The molecule has 6 nitrogen and oxygen atoms in total. The topological polar surface area (TPSA) is 78.4 Å². The van der Waals surface area contributed by atoms with Gasteiger partial charge in [-0.15, -0.1) is 0 Å². The van der Waals surface area contributed by atoms with Gasteiger partial charge in [0.2, 0.25) is 0 Å². The lowest BCUT2D eigenvalue weighted by Gasteiger charge is -2.25. The Bertz CT molecular complexity index is 458. The quantitative estimate of drug-likeness (QED) is 0.831. The minimum Gasteiger partial charge on any atom is -0.390 e. The van der Waals surface area contributed by atoms with E-state index >= 15 is 0 Å². The summed E-state index contributed by atoms with van der Waals surface area (Å²) in [7, 11) is 0. The van der Waals surface area contributed by atoms with Gasteiger partial charge < -0.3 is 10.4 Å². The van der Waals surface area contributed by atoms with Crippen molar-refractivity contribution in [1.29, 1.82) is 0 Å². The fourth-order valence-electron chi connectivity index (χ4n) is 2.47. The Morgan fingerprint density at radius 2 is 2.20 bits per heavy atom. The second kappa shape index (κ2) is 5.85. The van der Waals surface area contributed by atoms with Crippen LogP contribution in [0.5, 0.6) is 0 Å². The number of nitrogens with one attached hydrogen (secondary N) is 1. The van der Waals surface area contributed by atoms with Crippen LogP contribution in [0.4, 0.5) is 0 Å². The molecule has 0 bridgehead atoms. The van der Waals surface area contributed by atoms with Crippen LogP contribution in [0.15, 0.2) is 18.6 Å². The highest BCUT2D eigenvalue weighted by molar-refractivity contribution is 5.92. The summed E-state index contributed by atoms with van der Waals surface area (Å²) < 4.78 is 0. The highest BCUT2D eigenvalue weighted by Gasteiger charge is 2.34. The minimum absolute atomic E-state index is 0.170. The number of carbonyl (C=O) groups is 1. The Morgan fingerprint density at radius 1 is 1.45 bits per heavy atom. The average molecular weight is 278 g/mol. The second-order valence-corrected chi connectivity index (χ2v) is 6.49. The van der Waals surface area contributed by atoms with Gasteiger partial charge in [0.25, 0.3) is 5.91 Å². The monoisotopic (exact) mass is 278 g/mol. The number of likely N-dealkylation sites (tertiary alicyclic amines) is 1. The fourth-order valence-corrected chi connectivity index (χ4v) is 2.47. The zero-order chi connectivity index (χ0) is 14.8. The third kappa shape index (κ3) is 3.98. The molecule has 0 aromatic carbocycles. The summed E-state index contributed by atoms with van der Waals surface area (Å²) in [5, 5.41) is 12.9. The summed E-state index contributed by atoms with van der Waals surface area (Å²) in [5.41, 5.74) is 0.442. The van der Waals surface area contributed by atoms with Crippen LogP contribution in [0.2, 0.25) is 0 Å². The minimum atomic E-state index is -0.544. The second-order valence-electron chi connectivity index (χ2n) is 6.49. The molecule has 2 atom stereocenters. The maximum Gasteiger partial charge on any atom is 0.271 e. The predicted octanol–water partition coefficient (Wildman–Crippen LogP) is 0.298. The van der Waals surface area contributed by atoms with Gasteiger partial charge in [0.05, 0.1) is 18.3 Å². The molecule has 1 aromatic heterocycles. The molecule has 0 unspecified atom stereocenters. The number of hydrogen-bond donors (Lipinski definition) is 2. The van der Waals surface area contributed by atoms with Crippen molar-refractivity contribution in [1.82, 2.24) is 20.2 Å². The first-order chi connectivity index (χ1) is 9.35. The van der Waals surface area contributed by atoms with Crippen molar-refractivity contribution in [3.05, 3.63) is 24.3 Å². The smallest absolute Gasteiger partial charge is 0.271 e. The number of β-amino-alcohol motifs (C(OH)–C–C–N with tert-alkyl or cyclic N) is 1. The molecule has 1 amide bonds. The standard InChI is InChI=1S/C14H22N4O2/c1-14(2,3)9-18-7-11(12(19)8-18)17-13(20)10-6-15-4-5-16-10/h4-6,11-12,19H,7-9H2,1-3H3,(H,17,20)/t11-,12-/m1/s1. The highest BCUT2D eigenvalue weighted by Crippen LogP contribution is 2.19. The number of hydrogen-bond acceptors (Lipinski definition) is 5. The first-order valence-corrected chi connectivity index (χ1v) is 6.82. The summed E-state index contributed by atoms with van der Waals surface area (Å²) in [6.07, 6.45) is 3.87. The van der Waals surface area contributed by atoms with Crippen molar-refractivity contribution >= 4 is 5.91 Å². The van der Waals surface area contributed by atoms with Gasteiger partial charge in [0.1, 0.15) is 5.69 Å². The molecule has 2 N–H and O–H groups in total. The molecule has 2 rings (SSSR count). The molecular formula is C14H22N4O2. The van der Waals surface area contributed by atoms with Gasteiger partial charge in [-0.05, 0) is 5.41 Å². The molecule has 6 heteroatoms. The summed E-state index contributed by atoms with van der Waals surface area (Å²) in [4.78, 5) is 22.0. The van der Waals surface area contributed by atoms with Crippen LogP contribution < -0.4 is 5.32 Å². The lowest BCUT2D eigenvalue weighted by Crippen LogP contribution is -2.43. The zero-order valence-electron chi connectivity index (χ0n) is 12.2. The summed E-state index contributed by atoms with van der Waals surface area (Å²) in [5.74, 6) is -0.292. The van der Waals surface area contributed by atoms with Crippen molar-refractivity contribution in [3.63, 3.8) is 0 Å². The van der Waals surface area contributed by atoms with Crippen molar-refractivity contribution in [3.8, 4) is 0 Å². The predicted molar refractivity (Wildman–Crippen MR) is 75.2 cm³/mol. The average Bonchev–Trinajstić information content (AvgIpc) is 2.68. The van der Waals surface area contributed by atoms with Crippen LogP contribution in [0.3, 0.4) is 0 Å². The molecule has 0 spiro atoms. The molecule has 1 aliphatic heterocycles.